The highest BCUT2D eigenvalue weighted by atomic mass is 16.5. The zero-order valence-electron chi connectivity index (χ0n) is 10.2. The van der Waals surface area contributed by atoms with Gasteiger partial charge in [0.2, 0.25) is 5.91 Å². The van der Waals surface area contributed by atoms with Crippen molar-refractivity contribution in [3.63, 3.8) is 0 Å². The minimum Gasteiger partial charge on any atom is -0.453 e. The molecule has 92 valence electrons. The van der Waals surface area contributed by atoms with Crippen LogP contribution in [0.25, 0.3) is 0 Å². The number of nitrogens with zero attached hydrogens (tertiary/aromatic N) is 1. The van der Waals surface area contributed by atoms with Crippen molar-refractivity contribution >= 4 is 12.0 Å². The second-order valence-corrected chi connectivity index (χ2v) is 4.39. The maximum atomic E-state index is 11.5. The average molecular weight is 228 g/mol. The van der Waals surface area contributed by atoms with E-state index in [1.165, 1.54) is 7.11 Å². The van der Waals surface area contributed by atoms with Crippen LogP contribution in [0, 0.1) is 5.92 Å². The van der Waals surface area contributed by atoms with E-state index in [4.69, 9.17) is 0 Å². The minimum atomic E-state index is -0.284. The third kappa shape index (κ3) is 3.40. The molecule has 1 aliphatic heterocycles. The van der Waals surface area contributed by atoms with Crippen LogP contribution in [0.3, 0.4) is 0 Å². The van der Waals surface area contributed by atoms with E-state index in [0.717, 1.165) is 12.8 Å². The molecule has 0 aromatic rings. The van der Waals surface area contributed by atoms with Gasteiger partial charge in [-0.1, -0.05) is 13.8 Å². The number of likely N-dealkylation sites (tertiary alicyclic amines) is 1. The van der Waals surface area contributed by atoms with Crippen LogP contribution in [0.15, 0.2) is 0 Å². The van der Waals surface area contributed by atoms with E-state index in [9.17, 15) is 9.59 Å². The molecular weight excluding hydrogens is 208 g/mol. The van der Waals surface area contributed by atoms with Gasteiger partial charge in [-0.2, -0.15) is 0 Å². The fourth-order valence-electron chi connectivity index (χ4n) is 1.70. The lowest BCUT2D eigenvalue weighted by molar-refractivity contribution is -0.124. The normalized spacial score (nSPS) is 17.4. The largest absolute Gasteiger partial charge is 0.453 e. The van der Waals surface area contributed by atoms with E-state index in [1.54, 1.807) is 4.90 Å². The van der Waals surface area contributed by atoms with Crippen LogP contribution in [0.4, 0.5) is 4.79 Å². The topological polar surface area (TPSA) is 58.6 Å². The third-order valence-electron chi connectivity index (χ3n) is 2.80. The molecule has 0 aliphatic carbocycles. The van der Waals surface area contributed by atoms with Gasteiger partial charge in [0.05, 0.1) is 7.11 Å². The number of ether oxygens (including phenoxy) is 1. The molecule has 0 atom stereocenters. The van der Waals surface area contributed by atoms with Crippen molar-refractivity contribution in [3.05, 3.63) is 0 Å². The van der Waals surface area contributed by atoms with Crippen LogP contribution >= 0.6 is 0 Å². The quantitative estimate of drug-likeness (QED) is 0.766. The highest BCUT2D eigenvalue weighted by Gasteiger charge is 2.24. The molecule has 0 unspecified atom stereocenters. The molecule has 1 aliphatic rings. The molecule has 0 spiro atoms. The lowest BCUT2D eigenvalue weighted by Gasteiger charge is -2.31. The Morgan fingerprint density at radius 1 is 1.31 bits per heavy atom. The fourth-order valence-corrected chi connectivity index (χ4v) is 1.70. The number of hydrogen-bond acceptors (Lipinski definition) is 3. The van der Waals surface area contributed by atoms with E-state index < -0.39 is 0 Å². The summed E-state index contributed by atoms with van der Waals surface area (Å²) in [6, 6.07) is 0.191. The number of nitrogens with one attached hydrogen (secondary N) is 1. The summed E-state index contributed by atoms with van der Waals surface area (Å²) >= 11 is 0. The molecule has 16 heavy (non-hydrogen) atoms. The number of methoxy groups -OCH3 is 1. The van der Waals surface area contributed by atoms with Gasteiger partial charge < -0.3 is 15.0 Å². The summed E-state index contributed by atoms with van der Waals surface area (Å²) in [5.41, 5.74) is 0. The number of piperidine rings is 1. The minimum absolute atomic E-state index is 0.0126. The lowest BCUT2D eigenvalue weighted by Crippen LogP contribution is -2.47. The summed E-state index contributed by atoms with van der Waals surface area (Å²) in [6.45, 7) is 5.04. The number of carbonyl (C=O) groups is 2. The highest BCUT2D eigenvalue weighted by Crippen LogP contribution is 2.11. The summed E-state index contributed by atoms with van der Waals surface area (Å²) in [5, 5.41) is 2.98. The van der Waals surface area contributed by atoms with E-state index in [0.29, 0.717) is 13.1 Å². The van der Waals surface area contributed by atoms with Crippen molar-refractivity contribution in [1.82, 2.24) is 10.2 Å². The van der Waals surface area contributed by atoms with Crippen LogP contribution < -0.4 is 5.32 Å². The van der Waals surface area contributed by atoms with Gasteiger partial charge in [-0.25, -0.2) is 4.79 Å². The van der Waals surface area contributed by atoms with E-state index in [-0.39, 0.29) is 24.0 Å². The fraction of sp³-hybridized carbons (Fsp3) is 0.818. The summed E-state index contributed by atoms with van der Waals surface area (Å²) in [7, 11) is 1.38. The van der Waals surface area contributed by atoms with Crippen molar-refractivity contribution in [2.45, 2.75) is 32.7 Å². The molecule has 1 rings (SSSR count). The van der Waals surface area contributed by atoms with Crippen molar-refractivity contribution < 1.29 is 14.3 Å². The molecule has 5 nitrogen and oxygen atoms in total. The van der Waals surface area contributed by atoms with Gasteiger partial charge in [0.1, 0.15) is 0 Å². The molecule has 1 N–H and O–H groups in total. The molecule has 0 aromatic heterocycles. The number of hydrogen-bond donors (Lipinski definition) is 1. The molecule has 5 heteroatoms. The van der Waals surface area contributed by atoms with Crippen LogP contribution in [0.5, 0.6) is 0 Å². The van der Waals surface area contributed by atoms with Gasteiger partial charge >= 0.3 is 6.09 Å². The van der Waals surface area contributed by atoms with E-state index in [1.807, 2.05) is 13.8 Å². The van der Waals surface area contributed by atoms with E-state index >= 15 is 0 Å². The van der Waals surface area contributed by atoms with E-state index in [2.05, 4.69) is 10.1 Å². The monoisotopic (exact) mass is 228 g/mol. The first-order chi connectivity index (χ1) is 7.54. The standard InChI is InChI=1S/C11H20N2O3/c1-8(2)10(14)12-9-4-6-13(7-5-9)11(15)16-3/h8-9H,4-7H2,1-3H3,(H,12,14). The Morgan fingerprint density at radius 2 is 1.88 bits per heavy atom. The molecule has 1 fully saturated rings. The van der Waals surface area contributed by atoms with Crippen molar-refractivity contribution in [1.29, 1.82) is 0 Å². The molecule has 0 saturated carbocycles. The van der Waals surface area contributed by atoms with Crippen LogP contribution in [-0.2, 0) is 9.53 Å². The molecule has 1 heterocycles. The molecule has 0 aromatic carbocycles. The zero-order valence-corrected chi connectivity index (χ0v) is 10.2. The molecule has 0 radical (unpaired) electrons. The van der Waals surface area contributed by atoms with Gasteiger partial charge in [-0.3, -0.25) is 4.79 Å². The number of amides is 2. The second kappa shape index (κ2) is 5.72. The zero-order chi connectivity index (χ0) is 12.1. The lowest BCUT2D eigenvalue weighted by atomic mass is 10.0. The Morgan fingerprint density at radius 3 is 2.31 bits per heavy atom. The first-order valence-electron chi connectivity index (χ1n) is 5.68. The smallest absolute Gasteiger partial charge is 0.409 e. The summed E-state index contributed by atoms with van der Waals surface area (Å²) in [4.78, 5) is 24.4. The summed E-state index contributed by atoms with van der Waals surface area (Å²) in [5.74, 6) is 0.0927. The maximum absolute atomic E-state index is 11.5. The second-order valence-electron chi connectivity index (χ2n) is 4.39. The Kier molecular flexibility index (Phi) is 4.58. The van der Waals surface area contributed by atoms with Crippen LogP contribution in [0.2, 0.25) is 0 Å². The van der Waals surface area contributed by atoms with Crippen molar-refractivity contribution in [2.75, 3.05) is 20.2 Å². The Balaban J connectivity index is 2.32. The number of carbonyl (C=O) groups excluding carboxylic acids is 2. The van der Waals surface area contributed by atoms with Gasteiger partial charge in [0.25, 0.3) is 0 Å². The highest BCUT2D eigenvalue weighted by molar-refractivity contribution is 5.78. The molecular formula is C11H20N2O3. The average Bonchev–Trinajstić information content (AvgIpc) is 2.28. The number of rotatable bonds is 2. The van der Waals surface area contributed by atoms with Gasteiger partial charge in [-0.05, 0) is 12.8 Å². The third-order valence-corrected chi connectivity index (χ3v) is 2.80. The maximum Gasteiger partial charge on any atom is 0.409 e. The molecule has 2 amide bonds. The van der Waals surface area contributed by atoms with Gasteiger partial charge in [-0.15, -0.1) is 0 Å². The molecule has 0 bridgehead atoms. The predicted octanol–water partition coefficient (Wildman–Crippen LogP) is 0.989. The van der Waals surface area contributed by atoms with Gasteiger partial charge in [0, 0.05) is 25.0 Å². The van der Waals surface area contributed by atoms with Crippen LogP contribution in [0.1, 0.15) is 26.7 Å². The van der Waals surface area contributed by atoms with Gasteiger partial charge in [0.15, 0.2) is 0 Å². The predicted molar refractivity (Wildman–Crippen MR) is 60.0 cm³/mol. The SMILES string of the molecule is COC(=O)N1CCC(NC(=O)C(C)C)CC1. The van der Waals surface area contributed by atoms with Crippen molar-refractivity contribution in [3.8, 4) is 0 Å². The summed E-state index contributed by atoms with van der Waals surface area (Å²) in [6.07, 6.45) is 1.31. The first kappa shape index (κ1) is 12.8. The summed E-state index contributed by atoms with van der Waals surface area (Å²) < 4.78 is 4.64. The van der Waals surface area contributed by atoms with Crippen molar-refractivity contribution in [2.24, 2.45) is 5.92 Å². The Bertz CT molecular complexity index is 258. The molecule has 1 saturated heterocycles. The Hall–Kier alpha value is -1.26. The first-order valence-corrected chi connectivity index (χ1v) is 5.68. The van der Waals surface area contributed by atoms with Crippen LogP contribution in [-0.4, -0.2) is 43.1 Å². The Labute approximate surface area is 96.1 Å².